The lowest BCUT2D eigenvalue weighted by Crippen LogP contribution is -2.57. The highest BCUT2D eigenvalue weighted by Gasteiger charge is 2.61. The third-order valence-corrected chi connectivity index (χ3v) is 20.2. The van der Waals surface area contributed by atoms with Gasteiger partial charge in [-0.3, -0.25) is 0 Å². The molecule has 3 nitrogen and oxygen atoms in total. The molecule has 1 spiro atoms. The van der Waals surface area contributed by atoms with Crippen molar-refractivity contribution >= 4 is 60.8 Å². The maximum absolute atomic E-state index is 6.53. The molecule has 11 aromatic carbocycles. The summed E-state index contributed by atoms with van der Waals surface area (Å²) < 4.78 is 9.08. The molecule has 6 aliphatic rings. The number of aromatic nitrogens is 1. The van der Waals surface area contributed by atoms with E-state index in [0.717, 1.165) is 45.1 Å². The molecule has 0 unspecified atom stereocenters. The number of rotatable bonds is 6. The lowest BCUT2D eigenvalue weighted by atomic mass is 9.41. The summed E-state index contributed by atoms with van der Waals surface area (Å²) in [5.41, 5.74) is 24.0. The van der Waals surface area contributed by atoms with Crippen molar-refractivity contribution in [2.75, 3.05) is 4.90 Å². The molecule has 380 valence electrons. The highest BCUT2D eigenvalue weighted by atomic mass is 16.3. The molecule has 4 bridgehead atoms. The monoisotopic (exact) mass is 1020 g/mol. The van der Waals surface area contributed by atoms with Gasteiger partial charge in [0.25, 0.3) is 0 Å². The molecule has 3 heteroatoms. The molecule has 13 aromatic rings. The first-order valence-corrected chi connectivity index (χ1v) is 29.1. The molecule has 2 aromatic heterocycles. The van der Waals surface area contributed by atoms with Gasteiger partial charge in [0.05, 0.1) is 27.8 Å². The highest BCUT2D eigenvalue weighted by Crippen LogP contribution is 2.70. The second kappa shape index (κ2) is 16.7. The van der Waals surface area contributed by atoms with E-state index in [4.69, 9.17) is 4.42 Å². The van der Waals surface area contributed by atoms with Gasteiger partial charge in [0.2, 0.25) is 0 Å². The Morgan fingerprint density at radius 2 is 0.887 bits per heavy atom. The molecule has 0 N–H and O–H groups in total. The Kier molecular flexibility index (Phi) is 9.33. The number of fused-ring (bicyclic) bond motifs is 11. The maximum atomic E-state index is 6.53. The van der Waals surface area contributed by atoms with E-state index in [1.807, 2.05) is 0 Å². The average molecular weight is 1030 g/mol. The van der Waals surface area contributed by atoms with E-state index in [-0.39, 0.29) is 5.41 Å². The summed E-state index contributed by atoms with van der Waals surface area (Å²) >= 11 is 0. The standard InChI is InChI=1S/C77H56N2O/c1-3-19-52(20-4-1)76(53-21-5-2-6-22-53)64-28-10-7-23-58(64)59-38-37-50(46-67(59)76)51-44-56(78-68-31-13-8-24-62(68)74-60(26-17-34-71(74)78)61-27-18-36-73-75(61)63-25-9-16-35-72(63)80-73)47-57(45-51)79-69-32-14-11-29-65(69)77(66-30-12-15-33-70(66)79)54-40-48-39-49(42-54)43-55(77)41-48/h1-38,44-49,54-55H,39-43H2. The van der Waals surface area contributed by atoms with Crippen LogP contribution in [0.25, 0.3) is 82.8 Å². The number of para-hydroxylation sites is 4. The van der Waals surface area contributed by atoms with Crippen molar-refractivity contribution in [1.29, 1.82) is 0 Å². The summed E-state index contributed by atoms with van der Waals surface area (Å²) in [6, 6.07) is 96.5. The summed E-state index contributed by atoms with van der Waals surface area (Å²) in [7, 11) is 0. The lowest BCUT2D eigenvalue weighted by molar-refractivity contribution is -0.0419. The third kappa shape index (κ3) is 5.94. The van der Waals surface area contributed by atoms with Crippen molar-refractivity contribution in [3.63, 3.8) is 0 Å². The minimum Gasteiger partial charge on any atom is -0.456 e. The molecule has 0 saturated heterocycles. The molecular formula is C77H56N2O. The summed E-state index contributed by atoms with van der Waals surface area (Å²) in [5.74, 6) is 3.02. The second-order valence-electron chi connectivity index (χ2n) is 23.9. The van der Waals surface area contributed by atoms with Crippen molar-refractivity contribution in [2.24, 2.45) is 23.7 Å². The van der Waals surface area contributed by atoms with Crippen molar-refractivity contribution < 1.29 is 4.42 Å². The van der Waals surface area contributed by atoms with Crippen LogP contribution in [0.5, 0.6) is 0 Å². The number of anilines is 3. The molecule has 19 rings (SSSR count). The van der Waals surface area contributed by atoms with Gasteiger partial charge < -0.3 is 13.9 Å². The Labute approximate surface area is 466 Å². The Morgan fingerprint density at radius 3 is 1.61 bits per heavy atom. The first-order chi connectivity index (χ1) is 39.6. The van der Waals surface area contributed by atoms with Crippen LogP contribution >= 0.6 is 0 Å². The Balaban J connectivity index is 0.916. The SMILES string of the molecule is c1ccc(C2(c3ccccc3)c3ccccc3-c3ccc(-c4cc(N5c6ccccc6C6(c7ccccc75)C5CC7CC(C5)CC6C7)cc(-n5c6ccccc6c6c(-c7cccc8oc9ccccc9c78)cccc65)c4)cc32)cc1. The van der Waals surface area contributed by atoms with E-state index >= 15 is 0 Å². The minimum absolute atomic E-state index is 0.00283. The Morgan fingerprint density at radius 1 is 0.350 bits per heavy atom. The van der Waals surface area contributed by atoms with E-state index in [1.54, 1.807) is 0 Å². The molecule has 80 heavy (non-hydrogen) atoms. The fourth-order valence-corrected chi connectivity index (χ4v) is 17.6. The predicted octanol–water partition coefficient (Wildman–Crippen LogP) is 19.9. The molecule has 1 aliphatic heterocycles. The fraction of sp³-hybridized carbons (Fsp3) is 0.143. The summed E-state index contributed by atoms with van der Waals surface area (Å²) in [6.45, 7) is 0. The van der Waals surface area contributed by atoms with Gasteiger partial charge in [-0.05, 0) is 183 Å². The Bertz CT molecular complexity index is 4570. The van der Waals surface area contributed by atoms with Crippen LogP contribution in [0.4, 0.5) is 17.1 Å². The van der Waals surface area contributed by atoms with Gasteiger partial charge in [0.1, 0.15) is 11.2 Å². The minimum atomic E-state index is -0.533. The number of furan rings is 1. The van der Waals surface area contributed by atoms with E-state index in [0.29, 0.717) is 11.8 Å². The molecule has 0 atom stereocenters. The molecular weight excluding hydrogens is 969 g/mol. The van der Waals surface area contributed by atoms with Gasteiger partial charge in [-0.15, -0.1) is 0 Å². The lowest BCUT2D eigenvalue weighted by Gasteiger charge is -2.64. The van der Waals surface area contributed by atoms with Crippen molar-refractivity contribution in [1.82, 2.24) is 4.57 Å². The summed E-state index contributed by atoms with van der Waals surface area (Å²) in [4.78, 5) is 2.65. The smallest absolute Gasteiger partial charge is 0.136 e. The quantitative estimate of drug-likeness (QED) is 0.166. The summed E-state index contributed by atoms with van der Waals surface area (Å²) in [6.07, 6.45) is 6.79. The molecule has 3 heterocycles. The zero-order valence-electron chi connectivity index (χ0n) is 44.4. The first-order valence-electron chi connectivity index (χ1n) is 29.1. The molecule has 4 saturated carbocycles. The normalized spacial score (nSPS) is 19.7. The van der Waals surface area contributed by atoms with E-state index < -0.39 is 5.41 Å². The average Bonchev–Trinajstić information content (AvgIpc) is 3.90. The van der Waals surface area contributed by atoms with Crippen LogP contribution in [-0.4, -0.2) is 4.57 Å². The number of benzene rings is 11. The van der Waals surface area contributed by atoms with Gasteiger partial charge >= 0.3 is 0 Å². The molecule has 5 aliphatic carbocycles. The van der Waals surface area contributed by atoms with Gasteiger partial charge in [0.15, 0.2) is 0 Å². The van der Waals surface area contributed by atoms with Crippen molar-refractivity contribution in [3.05, 3.63) is 288 Å². The molecule has 0 radical (unpaired) electrons. The predicted molar refractivity (Wildman–Crippen MR) is 329 cm³/mol. The van der Waals surface area contributed by atoms with Crippen LogP contribution in [0, 0.1) is 23.7 Å². The largest absolute Gasteiger partial charge is 0.456 e. The zero-order chi connectivity index (χ0) is 52.3. The van der Waals surface area contributed by atoms with E-state index in [2.05, 4.69) is 264 Å². The Hall–Kier alpha value is -9.18. The second-order valence-corrected chi connectivity index (χ2v) is 23.9. The number of hydrogen-bond acceptors (Lipinski definition) is 2. The third-order valence-electron chi connectivity index (χ3n) is 20.2. The van der Waals surface area contributed by atoms with Crippen LogP contribution in [0.3, 0.4) is 0 Å². The van der Waals surface area contributed by atoms with Crippen molar-refractivity contribution in [3.8, 4) is 39.1 Å². The van der Waals surface area contributed by atoms with Crippen LogP contribution in [0.15, 0.2) is 259 Å². The van der Waals surface area contributed by atoms with Gasteiger partial charge in [-0.1, -0.05) is 194 Å². The fourth-order valence-electron chi connectivity index (χ4n) is 17.6. The summed E-state index contributed by atoms with van der Waals surface area (Å²) in [5, 5.41) is 4.74. The van der Waals surface area contributed by atoms with Gasteiger partial charge in [0, 0.05) is 38.3 Å². The number of hydrogen-bond donors (Lipinski definition) is 0. The van der Waals surface area contributed by atoms with Crippen LogP contribution < -0.4 is 4.90 Å². The molecule has 4 fully saturated rings. The van der Waals surface area contributed by atoms with Crippen LogP contribution in [0.2, 0.25) is 0 Å². The van der Waals surface area contributed by atoms with Gasteiger partial charge in [-0.2, -0.15) is 0 Å². The number of nitrogens with zero attached hydrogens (tertiary/aromatic N) is 2. The van der Waals surface area contributed by atoms with E-state index in [1.165, 1.54) is 132 Å². The molecule has 0 amide bonds. The van der Waals surface area contributed by atoms with Crippen molar-refractivity contribution in [2.45, 2.75) is 42.9 Å². The van der Waals surface area contributed by atoms with Crippen LogP contribution in [0.1, 0.15) is 65.5 Å². The first kappa shape index (κ1) is 44.8. The highest BCUT2D eigenvalue weighted by molar-refractivity contribution is 6.21. The van der Waals surface area contributed by atoms with E-state index in [9.17, 15) is 0 Å². The van der Waals surface area contributed by atoms with Crippen LogP contribution in [-0.2, 0) is 10.8 Å². The van der Waals surface area contributed by atoms with Gasteiger partial charge in [-0.25, -0.2) is 0 Å². The topological polar surface area (TPSA) is 21.3 Å². The maximum Gasteiger partial charge on any atom is 0.136 e. The zero-order valence-corrected chi connectivity index (χ0v) is 44.4.